The molecule has 1 saturated heterocycles. The first-order chi connectivity index (χ1) is 11.4. The second-order valence-corrected chi connectivity index (χ2v) is 7.36. The number of amides is 1. The van der Waals surface area contributed by atoms with Crippen molar-refractivity contribution >= 4 is 22.4 Å². The van der Waals surface area contributed by atoms with Crippen LogP contribution >= 0.6 is 11.3 Å². The first kappa shape index (κ1) is 17.0. The molecule has 0 saturated carbocycles. The van der Waals surface area contributed by atoms with Crippen LogP contribution < -0.4 is 10.2 Å². The van der Waals surface area contributed by atoms with Gasteiger partial charge in [0.05, 0.1) is 6.54 Å². The SMILES string of the molecule is Cc1cc(C(C)(O)CNC(=O)C2CCCN2c2nccs2)c(C)o1. The Morgan fingerprint density at radius 3 is 3.00 bits per heavy atom. The maximum Gasteiger partial charge on any atom is 0.242 e. The van der Waals surface area contributed by atoms with E-state index in [2.05, 4.69) is 10.3 Å². The smallest absolute Gasteiger partial charge is 0.242 e. The maximum absolute atomic E-state index is 12.6. The Labute approximate surface area is 145 Å². The number of carbonyl (C=O) groups is 1. The minimum absolute atomic E-state index is 0.0687. The lowest BCUT2D eigenvalue weighted by molar-refractivity contribution is -0.123. The summed E-state index contributed by atoms with van der Waals surface area (Å²) in [5, 5.41) is 16.4. The summed E-state index contributed by atoms with van der Waals surface area (Å²) < 4.78 is 5.49. The molecule has 2 aromatic rings. The Bertz CT molecular complexity index is 709. The molecular formula is C17H23N3O3S. The molecular weight excluding hydrogens is 326 g/mol. The van der Waals surface area contributed by atoms with Gasteiger partial charge in [-0.15, -0.1) is 11.3 Å². The lowest BCUT2D eigenvalue weighted by Gasteiger charge is -2.27. The minimum Gasteiger partial charge on any atom is -0.466 e. The van der Waals surface area contributed by atoms with E-state index in [4.69, 9.17) is 4.42 Å². The number of aliphatic hydroxyl groups is 1. The molecule has 2 aromatic heterocycles. The molecule has 2 unspecified atom stereocenters. The summed E-state index contributed by atoms with van der Waals surface area (Å²) in [5.74, 6) is 1.36. The Morgan fingerprint density at radius 1 is 1.58 bits per heavy atom. The van der Waals surface area contributed by atoms with E-state index in [0.29, 0.717) is 11.3 Å². The summed E-state index contributed by atoms with van der Waals surface area (Å²) in [6, 6.07) is 1.60. The third-order valence-electron chi connectivity index (χ3n) is 4.45. The molecule has 0 spiro atoms. The highest BCUT2D eigenvalue weighted by Crippen LogP contribution is 2.29. The molecule has 3 heterocycles. The number of thiazole rings is 1. The quantitative estimate of drug-likeness (QED) is 0.866. The van der Waals surface area contributed by atoms with Crippen molar-refractivity contribution in [1.82, 2.24) is 10.3 Å². The van der Waals surface area contributed by atoms with Gasteiger partial charge in [-0.05, 0) is 39.7 Å². The van der Waals surface area contributed by atoms with E-state index in [-0.39, 0.29) is 18.5 Å². The number of nitrogens with zero attached hydrogens (tertiary/aromatic N) is 2. The number of anilines is 1. The van der Waals surface area contributed by atoms with Crippen LogP contribution in [-0.2, 0) is 10.4 Å². The Balaban J connectivity index is 1.65. The van der Waals surface area contributed by atoms with Gasteiger partial charge in [0.1, 0.15) is 23.2 Å². The van der Waals surface area contributed by atoms with Gasteiger partial charge in [0.2, 0.25) is 5.91 Å². The van der Waals surface area contributed by atoms with Crippen LogP contribution in [-0.4, -0.2) is 35.1 Å². The third kappa shape index (κ3) is 3.32. The monoisotopic (exact) mass is 349 g/mol. The molecule has 1 amide bonds. The van der Waals surface area contributed by atoms with E-state index in [0.717, 1.165) is 30.3 Å². The van der Waals surface area contributed by atoms with Crippen molar-refractivity contribution in [2.75, 3.05) is 18.0 Å². The number of hydrogen-bond acceptors (Lipinski definition) is 6. The summed E-state index contributed by atoms with van der Waals surface area (Å²) in [5.41, 5.74) is -0.453. The predicted molar refractivity (Wildman–Crippen MR) is 93.2 cm³/mol. The average Bonchev–Trinajstić information content (AvgIpc) is 3.24. The van der Waals surface area contributed by atoms with Crippen molar-refractivity contribution in [2.24, 2.45) is 0 Å². The zero-order chi connectivity index (χ0) is 17.3. The van der Waals surface area contributed by atoms with E-state index >= 15 is 0 Å². The molecule has 0 aromatic carbocycles. The van der Waals surface area contributed by atoms with Crippen molar-refractivity contribution in [3.63, 3.8) is 0 Å². The first-order valence-electron chi connectivity index (χ1n) is 8.12. The molecule has 0 radical (unpaired) electrons. The van der Waals surface area contributed by atoms with Gasteiger partial charge in [-0.1, -0.05) is 0 Å². The van der Waals surface area contributed by atoms with Crippen LogP contribution in [0.2, 0.25) is 0 Å². The topological polar surface area (TPSA) is 78.6 Å². The number of aryl methyl sites for hydroxylation is 2. The number of carbonyl (C=O) groups excluding carboxylic acids is 1. The standard InChI is InChI=1S/C17H23N3O3S/c1-11-9-13(12(2)23-11)17(3,22)10-19-15(21)14-5-4-7-20(14)16-18-6-8-24-16/h6,8-9,14,22H,4-5,7,10H2,1-3H3,(H,19,21). The van der Waals surface area contributed by atoms with E-state index in [9.17, 15) is 9.90 Å². The number of nitrogens with one attached hydrogen (secondary N) is 1. The molecule has 1 aliphatic heterocycles. The summed E-state index contributed by atoms with van der Waals surface area (Å²) >= 11 is 1.54. The van der Waals surface area contributed by atoms with Crippen LogP contribution in [0.3, 0.4) is 0 Å². The van der Waals surface area contributed by atoms with Crippen molar-refractivity contribution in [1.29, 1.82) is 0 Å². The lowest BCUT2D eigenvalue weighted by Crippen LogP contribution is -2.47. The molecule has 130 valence electrons. The third-order valence-corrected chi connectivity index (χ3v) is 5.26. The predicted octanol–water partition coefficient (Wildman–Crippen LogP) is 2.35. The van der Waals surface area contributed by atoms with Crippen molar-refractivity contribution < 1.29 is 14.3 Å². The van der Waals surface area contributed by atoms with Crippen LogP contribution in [0.1, 0.15) is 36.8 Å². The van der Waals surface area contributed by atoms with Crippen molar-refractivity contribution in [3.8, 4) is 0 Å². The van der Waals surface area contributed by atoms with Gasteiger partial charge < -0.3 is 19.7 Å². The molecule has 2 atom stereocenters. The molecule has 3 rings (SSSR count). The largest absolute Gasteiger partial charge is 0.466 e. The van der Waals surface area contributed by atoms with Gasteiger partial charge in [-0.25, -0.2) is 4.98 Å². The molecule has 7 heteroatoms. The Kier molecular flexibility index (Phi) is 4.64. The maximum atomic E-state index is 12.6. The van der Waals surface area contributed by atoms with E-state index in [1.807, 2.05) is 30.2 Å². The number of furan rings is 1. The molecule has 6 nitrogen and oxygen atoms in total. The Hall–Kier alpha value is -1.86. The van der Waals surface area contributed by atoms with Gasteiger partial charge in [-0.3, -0.25) is 4.79 Å². The summed E-state index contributed by atoms with van der Waals surface area (Å²) in [7, 11) is 0. The molecule has 1 aliphatic rings. The zero-order valence-electron chi connectivity index (χ0n) is 14.2. The van der Waals surface area contributed by atoms with Gasteiger partial charge in [-0.2, -0.15) is 0 Å². The number of hydrogen-bond donors (Lipinski definition) is 2. The fourth-order valence-corrected chi connectivity index (χ4v) is 3.98. The molecule has 0 bridgehead atoms. The number of rotatable bonds is 5. The highest BCUT2D eigenvalue weighted by molar-refractivity contribution is 7.13. The number of aromatic nitrogens is 1. The highest BCUT2D eigenvalue weighted by Gasteiger charge is 2.34. The first-order valence-corrected chi connectivity index (χ1v) is 9.00. The Morgan fingerprint density at radius 2 is 2.38 bits per heavy atom. The van der Waals surface area contributed by atoms with Gasteiger partial charge in [0.15, 0.2) is 5.13 Å². The van der Waals surface area contributed by atoms with Gasteiger partial charge in [0.25, 0.3) is 0 Å². The zero-order valence-corrected chi connectivity index (χ0v) is 15.0. The van der Waals surface area contributed by atoms with Crippen molar-refractivity contribution in [3.05, 3.63) is 34.7 Å². The minimum atomic E-state index is -1.16. The van der Waals surface area contributed by atoms with Gasteiger partial charge in [0, 0.05) is 23.7 Å². The normalized spacial score (nSPS) is 20.2. The second-order valence-electron chi connectivity index (χ2n) is 6.48. The fraction of sp³-hybridized carbons (Fsp3) is 0.529. The van der Waals surface area contributed by atoms with Crippen LogP contribution in [0.25, 0.3) is 0 Å². The van der Waals surface area contributed by atoms with Crippen LogP contribution in [0.4, 0.5) is 5.13 Å². The fourth-order valence-electron chi connectivity index (χ4n) is 3.26. The highest BCUT2D eigenvalue weighted by atomic mass is 32.1. The summed E-state index contributed by atoms with van der Waals surface area (Å²) in [4.78, 5) is 19.0. The van der Waals surface area contributed by atoms with E-state index in [1.165, 1.54) is 11.3 Å². The van der Waals surface area contributed by atoms with Crippen LogP contribution in [0.5, 0.6) is 0 Å². The molecule has 1 fully saturated rings. The molecule has 24 heavy (non-hydrogen) atoms. The van der Waals surface area contributed by atoms with Crippen molar-refractivity contribution in [2.45, 2.75) is 45.3 Å². The molecule has 2 N–H and O–H groups in total. The summed E-state index contributed by atoms with van der Waals surface area (Å²) in [6.07, 6.45) is 3.52. The lowest BCUT2D eigenvalue weighted by atomic mass is 9.96. The average molecular weight is 349 g/mol. The molecule has 0 aliphatic carbocycles. The van der Waals surface area contributed by atoms with E-state index in [1.54, 1.807) is 13.1 Å². The van der Waals surface area contributed by atoms with Crippen LogP contribution in [0, 0.1) is 13.8 Å². The van der Waals surface area contributed by atoms with E-state index < -0.39 is 5.60 Å². The second kappa shape index (κ2) is 6.57. The summed E-state index contributed by atoms with van der Waals surface area (Å²) in [6.45, 7) is 6.34. The van der Waals surface area contributed by atoms with Gasteiger partial charge >= 0.3 is 0 Å². The van der Waals surface area contributed by atoms with Crippen LogP contribution in [0.15, 0.2) is 22.1 Å².